The molecule has 21 heavy (non-hydrogen) atoms. The molecule has 0 atom stereocenters. The van der Waals surface area contributed by atoms with E-state index >= 15 is 0 Å². The van der Waals surface area contributed by atoms with Crippen molar-refractivity contribution in [2.75, 3.05) is 25.6 Å². The Labute approximate surface area is 124 Å². The van der Waals surface area contributed by atoms with Gasteiger partial charge in [-0.05, 0) is 42.8 Å². The lowest BCUT2D eigenvalue weighted by Crippen LogP contribution is -2.07. The van der Waals surface area contributed by atoms with Crippen LogP contribution in [-0.2, 0) is 11.3 Å². The lowest BCUT2D eigenvalue weighted by atomic mass is 10.1. The summed E-state index contributed by atoms with van der Waals surface area (Å²) in [6.45, 7) is 6.51. The van der Waals surface area contributed by atoms with Crippen LogP contribution in [0.15, 0.2) is 18.2 Å². The molecule has 0 spiro atoms. The first kappa shape index (κ1) is 15.2. The second-order valence-electron chi connectivity index (χ2n) is 4.43. The van der Waals surface area contributed by atoms with Crippen LogP contribution in [0.5, 0.6) is 5.75 Å². The number of hydrogen-bond donors (Lipinski definition) is 1. The van der Waals surface area contributed by atoms with Crippen LogP contribution >= 0.6 is 0 Å². The molecule has 0 amide bonds. The summed E-state index contributed by atoms with van der Waals surface area (Å²) in [5.41, 5.74) is 7.37. The minimum Gasteiger partial charge on any atom is -0.491 e. The Morgan fingerprint density at radius 1 is 1.24 bits per heavy atom. The Morgan fingerprint density at radius 3 is 2.86 bits per heavy atom. The fourth-order valence-electron chi connectivity index (χ4n) is 2.05. The number of anilines is 1. The summed E-state index contributed by atoms with van der Waals surface area (Å²) >= 11 is 0. The third kappa shape index (κ3) is 3.69. The quantitative estimate of drug-likeness (QED) is 0.589. The van der Waals surface area contributed by atoms with Crippen molar-refractivity contribution in [3.63, 3.8) is 0 Å². The van der Waals surface area contributed by atoms with E-state index < -0.39 is 0 Å². The van der Waals surface area contributed by atoms with Gasteiger partial charge < -0.3 is 15.2 Å². The molecule has 0 fully saturated rings. The van der Waals surface area contributed by atoms with E-state index in [9.17, 15) is 0 Å². The summed E-state index contributed by atoms with van der Waals surface area (Å²) in [5, 5.41) is 11.9. The zero-order valence-electron chi connectivity index (χ0n) is 12.5. The largest absolute Gasteiger partial charge is 0.491 e. The van der Waals surface area contributed by atoms with E-state index in [1.54, 1.807) is 10.7 Å². The number of rotatable bonds is 8. The van der Waals surface area contributed by atoms with Crippen molar-refractivity contribution >= 4 is 5.69 Å². The average Bonchev–Trinajstić information content (AvgIpc) is 2.94. The number of hydrogen-bond acceptors (Lipinski definition) is 6. The second-order valence-corrected chi connectivity index (χ2v) is 4.43. The normalized spacial score (nSPS) is 10.8. The van der Waals surface area contributed by atoms with E-state index in [-0.39, 0.29) is 0 Å². The van der Waals surface area contributed by atoms with E-state index in [0.717, 1.165) is 12.0 Å². The molecule has 114 valence electrons. The van der Waals surface area contributed by atoms with Gasteiger partial charge in [-0.15, -0.1) is 5.10 Å². The lowest BCUT2D eigenvalue weighted by Gasteiger charge is -2.12. The number of ether oxygens (including phenoxy) is 2. The maximum atomic E-state index is 5.98. The predicted octanol–water partition coefficient (Wildman–Crippen LogP) is 1.75. The van der Waals surface area contributed by atoms with Gasteiger partial charge in [-0.1, -0.05) is 6.07 Å². The Balaban J connectivity index is 2.22. The first-order valence-electron chi connectivity index (χ1n) is 7.13. The molecular weight excluding hydrogens is 270 g/mol. The highest BCUT2D eigenvalue weighted by Crippen LogP contribution is 2.33. The van der Waals surface area contributed by atoms with Crippen LogP contribution in [-0.4, -0.2) is 40.0 Å². The number of aryl methyl sites for hydroxylation is 1. The summed E-state index contributed by atoms with van der Waals surface area (Å²) in [5.74, 6) is 1.28. The molecule has 0 aliphatic heterocycles. The van der Waals surface area contributed by atoms with Crippen LogP contribution in [0.1, 0.15) is 20.3 Å². The highest BCUT2D eigenvalue weighted by molar-refractivity contribution is 5.73. The first-order chi connectivity index (χ1) is 10.3. The molecule has 2 rings (SSSR count). The number of aromatic nitrogens is 4. The predicted molar refractivity (Wildman–Crippen MR) is 79.9 cm³/mol. The summed E-state index contributed by atoms with van der Waals surface area (Å²) < 4.78 is 12.7. The second kappa shape index (κ2) is 7.58. The van der Waals surface area contributed by atoms with Gasteiger partial charge in [-0.2, -0.15) is 0 Å². The van der Waals surface area contributed by atoms with Crippen LogP contribution in [0.2, 0.25) is 0 Å². The highest BCUT2D eigenvalue weighted by atomic mass is 16.5. The molecule has 0 aliphatic carbocycles. The van der Waals surface area contributed by atoms with Crippen LogP contribution < -0.4 is 10.5 Å². The van der Waals surface area contributed by atoms with Crippen molar-refractivity contribution in [2.45, 2.75) is 26.8 Å². The molecule has 7 heteroatoms. The molecule has 1 aromatic carbocycles. The maximum Gasteiger partial charge on any atom is 0.185 e. The van der Waals surface area contributed by atoms with Crippen molar-refractivity contribution in [3.8, 4) is 17.1 Å². The molecule has 2 aromatic rings. The zero-order valence-corrected chi connectivity index (χ0v) is 12.5. The number of benzene rings is 1. The minimum atomic E-state index is 0.535. The van der Waals surface area contributed by atoms with Gasteiger partial charge in [0, 0.05) is 19.8 Å². The van der Waals surface area contributed by atoms with E-state index in [2.05, 4.69) is 15.5 Å². The minimum absolute atomic E-state index is 0.535. The fraction of sp³-hybridized carbons (Fsp3) is 0.500. The van der Waals surface area contributed by atoms with Gasteiger partial charge in [0.25, 0.3) is 0 Å². The number of tetrazole rings is 1. The van der Waals surface area contributed by atoms with Gasteiger partial charge in [-0.3, -0.25) is 0 Å². The summed E-state index contributed by atoms with van der Waals surface area (Å²) in [7, 11) is 0. The Bertz CT molecular complexity index is 570. The maximum absolute atomic E-state index is 5.98. The summed E-state index contributed by atoms with van der Waals surface area (Å²) in [4.78, 5) is 0. The lowest BCUT2D eigenvalue weighted by molar-refractivity contribution is 0.140. The van der Waals surface area contributed by atoms with Crippen molar-refractivity contribution in [2.24, 2.45) is 0 Å². The SMILES string of the molecule is CCOCCCn1nnnc1-c1cccc(N)c1OCC. The standard InChI is InChI=1S/C14H21N5O2/c1-3-20-10-6-9-19-14(16-17-18-19)11-7-5-8-12(15)13(11)21-4-2/h5,7-8H,3-4,6,9-10,15H2,1-2H3. The zero-order chi connectivity index (χ0) is 15.1. The summed E-state index contributed by atoms with van der Waals surface area (Å²) in [6, 6.07) is 5.58. The smallest absolute Gasteiger partial charge is 0.185 e. The van der Waals surface area contributed by atoms with Gasteiger partial charge in [0.2, 0.25) is 0 Å². The third-order valence-electron chi connectivity index (χ3n) is 2.97. The van der Waals surface area contributed by atoms with E-state index in [0.29, 0.717) is 43.6 Å². The topological polar surface area (TPSA) is 88.1 Å². The van der Waals surface area contributed by atoms with Crippen molar-refractivity contribution in [1.29, 1.82) is 0 Å². The van der Waals surface area contributed by atoms with Gasteiger partial charge >= 0.3 is 0 Å². The molecule has 0 radical (unpaired) electrons. The van der Waals surface area contributed by atoms with Crippen molar-refractivity contribution in [3.05, 3.63) is 18.2 Å². The van der Waals surface area contributed by atoms with Crippen LogP contribution in [0.4, 0.5) is 5.69 Å². The van der Waals surface area contributed by atoms with Crippen LogP contribution in [0, 0.1) is 0 Å². The number of nitrogens with two attached hydrogens (primary N) is 1. The molecule has 0 unspecified atom stereocenters. The molecule has 1 heterocycles. The van der Waals surface area contributed by atoms with Crippen molar-refractivity contribution in [1.82, 2.24) is 20.2 Å². The molecule has 0 saturated carbocycles. The number of para-hydroxylation sites is 1. The Morgan fingerprint density at radius 2 is 2.10 bits per heavy atom. The third-order valence-corrected chi connectivity index (χ3v) is 2.97. The number of nitrogens with zero attached hydrogens (tertiary/aromatic N) is 4. The fourth-order valence-corrected chi connectivity index (χ4v) is 2.05. The average molecular weight is 291 g/mol. The highest BCUT2D eigenvalue weighted by Gasteiger charge is 2.16. The first-order valence-corrected chi connectivity index (χ1v) is 7.13. The number of nitrogen functional groups attached to an aromatic ring is 1. The monoisotopic (exact) mass is 291 g/mol. The molecule has 0 aliphatic rings. The van der Waals surface area contributed by atoms with Crippen LogP contribution in [0.25, 0.3) is 11.4 Å². The van der Waals surface area contributed by atoms with Crippen LogP contribution in [0.3, 0.4) is 0 Å². The van der Waals surface area contributed by atoms with Gasteiger partial charge in [0.1, 0.15) is 0 Å². The summed E-state index contributed by atoms with van der Waals surface area (Å²) in [6.07, 6.45) is 0.845. The van der Waals surface area contributed by atoms with Gasteiger partial charge in [0.05, 0.1) is 17.9 Å². The van der Waals surface area contributed by atoms with Gasteiger partial charge in [-0.25, -0.2) is 4.68 Å². The molecular formula is C14H21N5O2. The Kier molecular flexibility index (Phi) is 5.51. The molecule has 2 N–H and O–H groups in total. The molecule has 1 aromatic heterocycles. The Hall–Kier alpha value is -2.15. The molecule has 0 saturated heterocycles. The molecule has 7 nitrogen and oxygen atoms in total. The van der Waals surface area contributed by atoms with Crippen molar-refractivity contribution < 1.29 is 9.47 Å². The van der Waals surface area contributed by atoms with E-state index in [4.69, 9.17) is 15.2 Å². The van der Waals surface area contributed by atoms with E-state index in [1.165, 1.54) is 0 Å². The molecule has 0 bridgehead atoms. The van der Waals surface area contributed by atoms with E-state index in [1.807, 2.05) is 26.0 Å². The van der Waals surface area contributed by atoms with Gasteiger partial charge in [0.15, 0.2) is 11.6 Å².